The Morgan fingerprint density at radius 2 is 2.57 bits per heavy atom. The molecule has 0 amide bonds. The average Bonchev–Trinajstić information content (AvgIpc) is 1.81. The minimum atomic E-state index is 0.412. The Morgan fingerprint density at radius 3 is 3.14 bits per heavy atom. The van der Waals surface area contributed by atoms with Crippen LogP contribution in [0.1, 0.15) is 21.1 Å². The molecular weight excluding hydrogens is 88.1 g/mol. The van der Waals surface area contributed by atoms with Crippen molar-refractivity contribution in [2.45, 2.75) is 19.7 Å². The Bertz CT molecular complexity index is 78.6. The molecule has 0 atom stereocenters. The van der Waals surface area contributed by atoms with Gasteiger partial charge in [-0.15, -0.1) is 0 Å². The van der Waals surface area contributed by atoms with Gasteiger partial charge < -0.3 is 4.79 Å². The Hall–Kier alpha value is -0.590. The second-order valence-corrected chi connectivity index (χ2v) is 1.16. The molecule has 0 rings (SSSR count). The molecule has 0 bridgehead atoms. The largest absolute Gasteiger partial charge is 0.303 e. The number of aldehydes is 1. The van der Waals surface area contributed by atoms with Crippen LogP contribution in [0.3, 0.4) is 0 Å². The second kappa shape index (κ2) is 5.41. The summed E-state index contributed by atoms with van der Waals surface area (Å²) in [6, 6.07) is 0. The third-order valence-corrected chi connectivity index (χ3v) is 0.566. The third kappa shape index (κ3) is 5.41. The van der Waals surface area contributed by atoms with Crippen LogP contribution in [0.15, 0.2) is 12.2 Å². The minimum absolute atomic E-state index is 0.412. The highest BCUT2D eigenvalue weighted by Crippen LogP contribution is 1.80. The number of hydrogen-bond donors (Lipinski definition) is 0. The highest BCUT2D eigenvalue weighted by Gasteiger charge is 1.67. The van der Waals surface area contributed by atoms with E-state index in [4.69, 9.17) is 1.37 Å². The summed E-state index contributed by atoms with van der Waals surface area (Å²) < 4.78 is 6.70. The second-order valence-electron chi connectivity index (χ2n) is 1.16. The van der Waals surface area contributed by atoms with Gasteiger partial charge in [0.15, 0.2) is 0 Å². The van der Waals surface area contributed by atoms with E-state index in [1.807, 2.05) is 6.08 Å². The number of rotatable bonds is 3. The van der Waals surface area contributed by atoms with Crippen LogP contribution in [0.5, 0.6) is 0 Å². The van der Waals surface area contributed by atoms with E-state index < -0.39 is 0 Å². The van der Waals surface area contributed by atoms with Crippen LogP contribution in [0.4, 0.5) is 0 Å². The summed E-state index contributed by atoms with van der Waals surface area (Å²) in [5, 5.41) is 0. The van der Waals surface area contributed by atoms with Crippen molar-refractivity contribution < 1.29 is 6.17 Å². The Morgan fingerprint density at radius 1 is 1.71 bits per heavy atom. The molecule has 0 aliphatic carbocycles. The zero-order valence-electron chi connectivity index (χ0n) is 5.26. The van der Waals surface area contributed by atoms with Gasteiger partial charge in [-0.25, -0.2) is 0 Å². The topological polar surface area (TPSA) is 17.1 Å². The van der Waals surface area contributed by atoms with Crippen LogP contribution in [0.25, 0.3) is 0 Å². The van der Waals surface area contributed by atoms with E-state index >= 15 is 0 Å². The summed E-state index contributed by atoms with van der Waals surface area (Å²) in [6.45, 7) is 0.412. The van der Waals surface area contributed by atoms with Gasteiger partial charge in [-0.3, -0.25) is 0 Å². The fraction of sp³-hybridized carbons (Fsp3) is 0.500. The molecule has 1 heteroatoms. The lowest BCUT2D eigenvalue weighted by Crippen LogP contribution is -1.63. The lowest BCUT2D eigenvalue weighted by molar-refractivity contribution is -0.107. The first kappa shape index (κ1) is 4.57. The molecule has 0 N–H and O–H groups in total. The molecule has 7 heavy (non-hydrogen) atoms. The molecule has 0 radical (unpaired) electrons. The van der Waals surface area contributed by atoms with Gasteiger partial charge in [-0.2, -0.15) is 0 Å². The Kier molecular flexibility index (Phi) is 3.53. The first-order chi connectivity index (χ1) is 3.91. The molecule has 0 saturated carbocycles. The summed E-state index contributed by atoms with van der Waals surface area (Å²) in [5.74, 6) is 0. The van der Waals surface area contributed by atoms with Crippen LogP contribution in [0.2, 0.25) is 0 Å². The van der Waals surface area contributed by atoms with Gasteiger partial charge in [0.2, 0.25) is 0 Å². The molecular formula is C6H10O. The maximum Gasteiger partial charge on any atom is 0.123 e. The molecule has 0 aromatic carbocycles. The monoisotopic (exact) mass is 99.1 g/mol. The van der Waals surface area contributed by atoms with Crippen molar-refractivity contribution in [1.29, 1.82) is 0 Å². The molecule has 0 aliphatic rings. The third-order valence-electron chi connectivity index (χ3n) is 0.566. The predicted molar refractivity (Wildman–Crippen MR) is 30.1 cm³/mol. The predicted octanol–water partition coefficient (Wildman–Crippen LogP) is 1.54. The van der Waals surface area contributed by atoms with E-state index in [0.717, 1.165) is 12.7 Å². The van der Waals surface area contributed by atoms with Gasteiger partial charge in [0, 0.05) is 7.79 Å². The van der Waals surface area contributed by atoms with Crippen molar-refractivity contribution >= 4 is 6.29 Å². The fourth-order valence-corrected chi connectivity index (χ4v) is 0.270. The smallest absolute Gasteiger partial charge is 0.123 e. The van der Waals surface area contributed by atoms with Gasteiger partial charge in [-0.1, -0.05) is 19.1 Å². The SMILES string of the molecule is [2H]CC/C=C/CC=O. The standard InChI is InChI=1S/C6H10O/c1-2-3-4-5-6-7/h3-4,6H,2,5H2,1H3/b4-3+/i1D. The van der Waals surface area contributed by atoms with Gasteiger partial charge in [0.05, 0.1) is 0 Å². The fourth-order valence-electron chi connectivity index (χ4n) is 0.270. The van der Waals surface area contributed by atoms with E-state index in [1.165, 1.54) is 0 Å². The lowest BCUT2D eigenvalue weighted by atomic mass is 10.3. The van der Waals surface area contributed by atoms with Crippen molar-refractivity contribution in [2.24, 2.45) is 0 Å². The molecule has 0 aromatic rings. The summed E-state index contributed by atoms with van der Waals surface area (Å²) in [4.78, 5) is 9.67. The van der Waals surface area contributed by atoms with Crippen molar-refractivity contribution in [3.05, 3.63) is 12.2 Å². The summed E-state index contributed by atoms with van der Waals surface area (Å²) >= 11 is 0. The molecule has 0 aromatic heterocycles. The first-order valence-corrected chi connectivity index (χ1v) is 2.29. The van der Waals surface area contributed by atoms with Crippen LogP contribution in [-0.4, -0.2) is 6.29 Å². The maximum absolute atomic E-state index is 9.67. The Balaban J connectivity index is 2.94. The number of carbonyl (C=O) groups is 1. The summed E-state index contributed by atoms with van der Waals surface area (Å²) in [7, 11) is 0. The van der Waals surface area contributed by atoms with Gasteiger partial charge in [0.1, 0.15) is 6.29 Å². The number of hydrogen-bond acceptors (Lipinski definition) is 1. The van der Waals surface area contributed by atoms with Crippen molar-refractivity contribution in [1.82, 2.24) is 0 Å². The van der Waals surface area contributed by atoms with E-state index in [-0.39, 0.29) is 0 Å². The van der Waals surface area contributed by atoms with Crippen molar-refractivity contribution in [3.63, 3.8) is 0 Å². The zero-order valence-corrected chi connectivity index (χ0v) is 4.26. The van der Waals surface area contributed by atoms with Gasteiger partial charge >= 0.3 is 0 Å². The molecule has 40 valence electrons. The highest BCUT2D eigenvalue weighted by molar-refractivity contribution is 5.51. The number of allylic oxidation sites excluding steroid dienone is 2. The van der Waals surface area contributed by atoms with Crippen LogP contribution >= 0.6 is 0 Å². The van der Waals surface area contributed by atoms with Crippen LogP contribution in [0, 0.1) is 0 Å². The summed E-state index contributed by atoms with van der Waals surface area (Å²) in [5.41, 5.74) is 0. The van der Waals surface area contributed by atoms with Crippen LogP contribution < -0.4 is 0 Å². The first-order valence-electron chi connectivity index (χ1n) is 3.00. The molecule has 0 fully saturated rings. The molecule has 0 saturated heterocycles. The quantitative estimate of drug-likeness (QED) is 0.387. The zero-order chi connectivity index (χ0) is 6.24. The average molecular weight is 99.2 g/mol. The van der Waals surface area contributed by atoms with E-state index in [2.05, 4.69) is 0 Å². The minimum Gasteiger partial charge on any atom is -0.303 e. The number of carbonyl (C=O) groups excluding carboxylic acids is 1. The van der Waals surface area contributed by atoms with E-state index in [0.29, 0.717) is 13.3 Å². The van der Waals surface area contributed by atoms with E-state index in [9.17, 15) is 4.79 Å². The highest BCUT2D eigenvalue weighted by atomic mass is 16.1. The molecule has 0 aliphatic heterocycles. The summed E-state index contributed by atoms with van der Waals surface area (Å²) in [6.07, 6.45) is 5.72. The van der Waals surface area contributed by atoms with Crippen LogP contribution in [-0.2, 0) is 4.79 Å². The Labute approximate surface area is 45.4 Å². The maximum atomic E-state index is 9.67. The van der Waals surface area contributed by atoms with Gasteiger partial charge in [-0.05, 0) is 6.42 Å². The molecule has 0 spiro atoms. The van der Waals surface area contributed by atoms with E-state index in [1.54, 1.807) is 6.08 Å². The normalized spacial score (nSPS) is 11.7. The van der Waals surface area contributed by atoms with Crippen molar-refractivity contribution in [3.8, 4) is 0 Å². The molecule has 0 unspecified atom stereocenters. The molecule has 1 nitrogen and oxygen atoms in total. The van der Waals surface area contributed by atoms with Crippen molar-refractivity contribution in [2.75, 3.05) is 0 Å². The van der Waals surface area contributed by atoms with Gasteiger partial charge in [0.25, 0.3) is 0 Å². The molecule has 0 heterocycles. The lowest BCUT2D eigenvalue weighted by Gasteiger charge is -1.72.